The zero-order valence-electron chi connectivity index (χ0n) is 20.4. The number of hydrogen-bond acceptors (Lipinski definition) is 4. The topological polar surface area (TPSA) is 83.4 Å². The highest BCUT2D eigenvalue weighted by Crippen LogP contribution is 2.30. The summed E-state index contributed by atoms with van der Waals surface area (Å²) in [4.78, 5) is 36.0. The Morgan fingerprint density at radius 3 is 2.49 bits per heavy atom. The number of aromatic nitrogens is 2. The van der Waals surface area contributed by atoms with Crippen molar-refractivity contribution in [3.05, 3.63) is 94.6 Å². The third-order valence-corrected chi connectivity index (χ3v) is 7.15. The van der Waals surface area contributed by atoms with Crippen LogP contribution in [0.2, 0.25) is 5.02 Å². The Morgan fingerprint density at radius 1 is 0.946 bits per heavy atom. The Hall–Kier alpha value is -3.77. The maximum Gasteiger partial charge on any atom is 0.303 e. The Labute approximate surface area is 220 Å². The number of aryl methyl sites for hydroxylation is 1. The van der Waals surface area contributed by atoms with E-state index in [0.29, 0.717) is 53.3 Å². The smallest absolute Gasteiger partial charge is 0.303 e. The molecule has 0 radical (unpaired) electrons. The molecule has 5 rings (SSSR count). The molecule has 3 aromatic carbocycles. The highest BCUT2D eigenvalue weighted by atomic mass is 35.5. The fourth-order valence-corrected chi connectivity index (χ4v) is 5.06. The molecule has 1 aromatic heterocycles. The van der Waals surface area contributed by atoms with Gasteiger partial charge in [-0.05, 0) is 61.6 Å². The first-order chi connectivity index (χ1) is 18.0. The standard InChI is InChI=1S/C30H28ClN3O3/c31-24-13-10-21(11-14-24)29-26(8-4-5-9-28(35)36)32-27-18-22(12-15-25(27)33-29)30(37)34-17-16-23(19-34)20-6-2-1-3-7-20/h1-3,6-7,10-15,18,23H,4-5,8-9,16-17,19H2,(H,35,36)/t23-/m1/s1. The van der Waals surface area contributed by atoms with Crippen LogP contribution in [0.25, 0.3) is 22.3 Å². The molecule has 1 saturated heterocycles. The van der Waals surface area contributed by atoms with E-state index >= 15 is 0 Å². The van der Waals surface area contributed by atoms with Gasteiger partial charge in [-0.3, -0.25) is 9.59 Å². The van der Waals surface area contributed by atoms with Gasteiger partial charge in [-0.2, -0.15) is 0 Å². The van der Waals surface area contributed by atoms with Crippen LogP contribution in [0.1, 0.15) is 53.2 Å². The third-order valence-electron chi connectivity index (χ3n) is 6.90. The minimum absolute atomic E-state index is 0.00640. The maximum atomic E-state index is 13.4. The summed E-state index contributed by atoms with van der Waals surface area (Å²) >= 11 is 6.08. The van der Waals surface area contributed by atoms with E-state index in [1.807, 2.05) is 65.6 Å². The quantitative estimate of drug-likeness (QED) is 0.276. The van der Waals surface area contributed by atoms with Gasteiger partial charge in [0.2, 0.25) is 0 Å². The number of likely N-dealkylation sites (tertiary alicyclic amines) is 1. The summed E-state index contributed by atoms with van der Waals surface area (Å²) in [6, 6.07) is 23.3. The van der Waals surface area contributed by atoms with Crippen molar-refractivity contribution < 1.29 is 14.7 Å². The number of carboxylic acids is 1. The zero-order valence-corrected chi connectivity index (χ0v) is 21.2. The average Bonchev–Trinajstić information content (AvgIpc) is 3.41. The molecule has 1 amide bonds. The Kier molecular flexibility index (Phi) is 7.47. The molecule has 0 spiro atoms. The molecule has 0 aliphatic carbocycles. The SMILES string of the molecule is O=C(O)CCCCc1nc2cc(C(=O)N3CC[C@@H](c4ccccc4)C3)ccc2nc1-c1ccc(Cl)cc1. The summed E-state index contributed by atoms with van der Waals surface area (Å²) in [6.45, 7) is 1.43. The monoisotopic (exact) mass is 513 g/mol. The molecule has 2 heterocycles. The lowest BCUT2D eigenvalue weighted by Gasteiger charge is -2.17. The van der Waals surface area contributed by atoms with E-state index in [9.17, 15) is 9.59 Å². The van der Waals surface area contributed by atoms with Crippen molar-refractivity contribution >= 4 is 34.5 Å². The molecule has 188 valence electrons. The van der Waals surface area contributed by atoms with Crippen LogP contribution >= 0.6 is 11.6 Å². The number of nitrogens with zero attached hydrogens (tertiary/aromatic N) is 3. The van der Waals surface area contributed by atoms with Crippen LogP contribution in [-0.2, 0) is 11.2 Å². The minimum atomic E-state index is -0.804. The van der Waals surface area contributed by atoms with E-state index in [1.54, 1.807) is 0 Å². The summed E-state index contributed by atoms with van der Waals surface area (Å²) in [5, 5.41) is 9.63. The Morgan fingerprint density at radius 2 is 1.73 bits per heavy atom. The number of carbonyl (C=O) groups excluding carboxylic acids is 1. The Balaban J connectivity index is 1.41. The molecule has 0 unspecified atom stereocenters. The fraction of sp³-hybridized carbons (Fsp3) is 0.267. The van der Waals surface area contributed by atoms with Crippen molar-refractivity contribution in [2.45, 2.75) is 38.0 Å². The molecule has 4 aromatic rings. The number of unbranched alkanes of at least 4 members (excludes halogenated alkanes) is 1. The van der Waals surface area contributed by atoms with Gasteiger partial charge in [0, 0.05) is 41.6 Å². The third kappa shape index (κ3) is 5.81. The van der Waals surface area contributed by atoms with Crippen molar-refractivity contribution in [2.75, 3.05) is 13.1 Å². The normalized spacial score (nSPS) is 15.3. The fourth-order valence-electron chi connectivity index (χ4n) is 4.93. The molecule has 0 saturated carbocycles. The summed E-state index contributed by atoms with van der Waals surface area (Å²) in [6.07, 6.45) is 2.91. The highest BCUT2D eigenvalue weighted by molar-refractivity contribution is 6.30. The maximum absolute atomic E-state index is 13.4. The molecule has 1 atom stereocenters. The summed E-state index contributed by atoms with van der Waals surface area (Å²) in [7, 11) is 0. The van der Waals surface area contributed by atoms with E-state index in [0.717, 1.165) is 29.9 Å². The van der Waals surface area contributed by atoms with E-state index in [4.69, 9.17) is 26.7 Å². The number of carbonyl (C=O) groups is 2. The number of amides is 1. The number of rotatable bonds is 8. The van der Waals surface area contributed by atoms with Crippen LogP contribution in [0, 0.1) is 0 Å². The van der Waals surface area contributed by atoms with Crippen molar-refractivity contribution in [1.29, 1.82) is 0 Å². The number of carboxylic acid groups (broad SMARTS) is 1. The van der Waals surface area contributed by atoms with Crippen LogP contribution < -0.4 is 0 Å². The summed E-state index contributed by atoms with van der Waals surface area (Å²) in [5.74, 6) is -0.446. The highest BCUT2D eigenvalue weighted by Gasteiger charge is 2.28. The minimum Gasteiger partial charge on any atom is -0.481 e. The predicted octanol–water partition coefficient (Wildman–Crippen LogP) is 6.38. The van der Waals surface area contributed by atoms with E-state index in [2.05, 4.69) is 12.1 Å². The molecular weight excluding hydrogens is 486 g/mol. The number of halogens is 1. The van der Waals surface area contributed by atoms with Crippen LogP contribution in [-0.4, -0.2) is 44.9 Å². The lowest BCUT2D eigenvalue weighted by atomic mass is 9.99. The molecule has 1 aliphatic rings. The summed E-state index contributed by atoms with van der Waals surface area (Å²) < 4.78 is 0. The van der Waals surface area contributed by atoms with Gasteiger partial charge < -0.3 is 10.0 Å². The molecule has 37 heavy (non-hydrogen) atoms. The largest absolute Gasteiger partial charge is 0.481 e. The van der Waals surface area contributed by atoms with Gasteiger partial charge in [0.1, 0.15) is 0 Å². The number of hydrogen-bond donors (Lipinski definition) is 1. The van der Waals surface area contributed by atoms with Crippen LogP contribution in [0.4, 0.5) is 0 Å². The van der Waals surface area contributed by atoms with Gasteiger partial charge in [-0.25, -0.2) is 9.97 Å². The Bertz CT molecular complexity index is 1420. The van der Waals surface area contributed by atoms with Crippen LogP contribution in [0.5, 0.6) is 0 Å². The van der Waals surface area contributed by atoms with Gasteiger partial charge in [-0.15, -0.1) is 0 Å². The van der Waals surface area contributed by atoms with Crippen molar-refractivity contribution in [1.82, 2.24) is 14.9 Å². The van der Waals surface area contributed by atoms with Gasteiger partial charge >= 0.3 is 5.97 Å². The second-order valence-corrected chi connectivity index (χ2v) is 9.91. The number of fused-ring (bicyclic) bond motifs is 1. The lowest BCUT2D eigenvalue weighted by Crippen LogP contribution is -2.28. The van der Waals surface area contributed by atoms with Crippen molar-refractivity contribution in [3.63, 3.8) is 0 Å². The first-order valence-electron chi connectivity index (χ1n) is 12.6. The van der Waals surface area contributed by atoms with Crippen molar-refractivity contribution in [2.24, 2.45) is 0 Å². The van der Waals surface area contributed by atoms with Crippen LogP contribution in [0.3, 0.4) is 0 Å². The van der Waals surface area contributed by atoms with Gasteiger partial charge in [0.15, 0.2) is 0 Å². The molecule has 0 bridgehead atoms. The molecule has 1 fully saturated rings. The van der Waals surface area contributed by atoms with Crippen LogP contribution in [0.15, 0.2) is 72.8 Å². The van der Waals surface area contributed by atoms with Crippen molar-refractivity contribution in [3.8, 4) is 11.3 Å². The first-order valence-corrected chi connectivity index (χ1v) is 13.0. The molecule has 7 heteroatoms. The average molecular weight is 514 g/mol. The van der Waals surface area contributed by atoms with Gasteiger partial charge in [-0.1, -0.05) is 54.1 Å². The second-order valence-electron chi connectivity index (χ2n) is 9.48. The van der Waals surface area contributed by atoms with E-state index < -0.39 is 5.97 Å². The molecule has 6 nitrogen and oxygen atoms in total. The second kappa shape index (κ2) is 11.1. The number of benzene rings is 3. The molecular formula is C30H28ClN3O3. The van der Waals surface area contributed by atoms with Gasteiger partial charge in [0.25, 0.3) is 5.91 Å². The zero-order chi connectivity index (χ0) is 25.8. The number of aliphatic carboxylic acids is 1. The van der Waals surface area contributed by atoms with E-state index in [-0.39, 0.29) is 12.3 Å². The predicted molar refractivity (Wildman–Crippen MR) is 145 cm³/mol. The van der Waals surface area contributed by atoms with E-state index in [1.165, 1.54) is 5.56 Å². The molecule has 1 aliphatic heterocycles. The van der Waals surface area contributed by atoms with Gasteiger partial charge in [0.05, 0.1) is 22.4 Å². The first kappa shape index (κ1) is 24.9. The summed E-state index contributed by atoms with van der Waals surface area (Å²) in [5.41, 5.74) is 5.68. The molecule has 1 N–H and O–H groups in total. The lowest BCUT2D eigenvalue weighted by molar-refractivity contribution is -0.137.